The maximum absolute atomic E-state index is 11.2. The number of aldehydes is 1. The summed E-state index contributed by atoms with van der Waals surface area (Å²) in [4.78, 5) is 21.4. The Bertz CT molecular complexity index is 314. The van der Waals surface area contributed by atoms with Crippen molar-refractivity contribution in [2.24, 2.45) is 0 Å². The summed E-state index contributed by atoms with van der Waals surface area (Å²) in [5, 5.41) is 0. The standard InChI is InChI=1S/C11H12O3/c1-2-14-11(13)10-5-3-9(4-6-10)7-8-12/h3-6,8H,2,7H2,1H3. The topological polar surface area (TPSA) is 43.4 Å². The number of benzene rings is 1. The maximum Gasteiger partial charge on any atom is 0.338 e. The number of hydrogen-bond donors (Lipinski definition) is 0. The average Bonchev–Trinajstić information content (AvgIpc) is 2.20. The molecule has 1 aromatic rings. The second-order valence-electron chi connectivity index (χ2n) is 2.79. The van der Waals surface area contributed by atoms with E-state index in [0.717, 1.165) is 11.8 Å². The van der Waals surface area contributed by atoms with Gasteiger partial charge in [-0.05, 0) is 24.6 Å². The Morgan fingerprint density at radius 2 is 2.00 bits per heavy atom. The largest absolute Gasteiger partial charge is 0.462 e. The Balaban J connectivity index is 2.72. The van der Waals surface area contributed by atoms with Crippen molar-refractivity contribution in [3.05, 3.63) is 35.4 Å². The molecule has 0 aromatic heterocycles. The Hall–Kier alpha value is -1.64. The van der Waals surface area contributed by atoms with Crippen molar-refractivity contribution in [2.75, 3.05) is 6.61 Å². The first-order valence-corrected chi connectivity index (χ1v) is 4.47. The van der Waals surface area contributed by atoms with E-state index in [1.54, 1.807) is 31.2 Å². The van der Waals surface area contributed by atoms with Gasteiger partial charge >= 0.3 is 5.97 Å². The van der Waals surface area contributed by atoms with E-state index in [1.165, 1.54) is 0 Å². The van der Waals surface area contributed by atoms with E-state index in [1.807, 2.05) is 0 Å². The van der Waals surface area contributed by atoms with Crippen molar-refractivity contribution in [3.8, 4) is 0 Å². The summed E-state index contributed by atoms with van der Waals surface area (Å²) >= 11 is 0. The minimum Gasteiger partial charge on any atom is -0.462 e. The summed E-state index contributed by atoms with van der Waals surface area (Å²) < 4.78 is 4.82. The fourth-order valence-corrected chi connectivity index (χ4v) is 1.09. The first-order valence-electron chi connectivity index (χ1n) is 4.47. The van der Waals surface area contributed by atoms with Gasteiger partial charge in [-0.2, -0.15) is 0 Å². The number of carbonyl (C=O) groups is 2. The van der Waals surface area contributed by atoms with E-state index >= 15 is 0 Å². The van der Waals surface area contributed by atoms with Gasteiger partial charge in [-0.15, -0.1) is 0 Å². The summed E-state index contributed by atoms with van der Waals surface area (Å²) in [5.74, 6) is -0.329. The summed E-state index contributed by atoms with van der Waals surface area (Å²) in [6, 6.07) is 6.83. The second-order valence-corrected chi connectivity index (χ2v) is 2.79. The molecule has 0 aliphatic rings. The lowest BCUT2D eigenvalue weighted by Crippen LogP contribution is -2.04. The van der Waals surface area contributed by atoms with Crippen LogP contribution in [0, 0.1) is 0 Å². The molecule has 0 fully saturated rings. The van der Waals surface area contributed by atoms with E-state index in [2.05, 4.69) is 0 Å². The molecule has 0 spiro atoms. The average molecular weight is 192 g/mol. The monoisotopic (exact) mass is 192 g/mol. The molecular formula is C11H12O3. The zero-order valence-corrected chi connectivity index (χ0v) is 8.03. The van der Waals surface area contributed by atoms with Crippen LogP contribution < -0.4 is 0 Å². The van der Waals surface area contributed by atoms with Gasteiger partial charge in [0, 0.05) is 6.42 Å². The predicted octanol–water partition coefficient (Wildman–Crippen LogP) is 1.60. The lowest BCUT2D eigenvalue weighted by atomic mass is 10.1. The third-order valence-electron chi connectivity index (χ3n) is 1.78. The van der Waals surface area contributed by atoms with Crippen LogP contribution in [-0.2, 0) is 16.0 Å². The van der Waals surface area contributed by atoms with Crippen molar-refractivity contribution in [1.82, 2.24) is 0 Å². The van der Waals surface area contributed by atoms with E-state index in [9.17, 15) is 9.59 Å². The van der Waals surface area contributed by atoms with Crippen LogP contribution in [-0.4, -0.2) is 18.9 Å². The first kappa shape index (κ1) is 10.4. The highest BCUT2D eigenvalue weighted by Crippen LogP contribution is 2.05. The van der Waals surface area contributed by atoms with E-state index in [0.29, 0.717) is 18.6 Å². The Morgan fingerprint density at radius 1 is 1.36 bits per heavy atom. The van der Waals surface area contributed by atoms with Gasteiger partial charge in [-0.1, -0.05) is 12.1 Å². The van der Waals surface area contributed by atoms with Crippen LogP contribution in [0.2, 0.25) is 0 Å². The molecule has 0 aliphatic heterocycles. The second kappa shape index (κ2) is 5.17. The summed E-state index contributed by atoms with van der Waals surface area (Å²) in [5.41, 5.74) is 1.41. The molecule has 1 rings (SSSR count). The third-order valence-corrected chi connectivity index (χ3v) is 1.78. The lowest BCUT2D eigenvalue weighted by molar-refractivity contribution is -0.107. The van der Waals surface area contributed by atoms with Crippen molar-refractivity contribution < 1.29 is 14.3 Å². The molecule has 14 heavy (non-hydrogen) atoms. The molecule has 0 N–H and O–H groups in total. The van der Waals surface area contributed by atoms with E-state index in [4.69, 9.17) is 4.74 Å². The molecule has 0 saturated heterocycles. The zero-order valence-electron chi connectivity index (χ0n) is 8.03. The van der Waals surface area contributed by atoms with Crippen molar-refractivity contribution in [1.29, 1.82) is 0 Å². The molecular weight excluding hydrogens is 180 g/mol. The predicted molar refractivity (Wildman–Crippen MR) is 52.2 cm³/mol. The van der Waals surface area contributed by atoms with Crippen LogP contribution in [0.3, 0.4) is 0 Å². The first-order chi connectivity index (χ1) is 6.77. The molecule has 0 bridgehead atoms. The normalized spacial score (nSPS) is 9.50. The maximum atomic E-state index is 11.2. The fourth-order valence-electron chi connectivity index (χ4n) is 1.09. The molecule has 0 amide bonds. The van der Waals surface area contributed by atoms with Crippen LogP contribution in [0.1, 0.15) is 22.8 Å². The van der Waals surface area contributed by atoms with E-state index < -0.39 is 0 Å². The molecule has 3 heteroatoms. The van der Waals surface area contributed by atoms with Gasteiger partial charge in [0.1, 0.15) is 6.29 Å². The molecule has 74 valence electrons. The van der Waals surface area contributed by atoms with Gasteiger partial charge in [0.15, 0.2) is 0 Å². The number of esters is 1. The van der Waals surface area contributed by atoms with Crippen molar-refractivity contribution in [2.45, 2.75) is 13.3 Å². The highest BCUT2D eigenvalue weighted by Gasteiger charge is 2.04. The SMILES string of the molecule is CCOC(=O)c1ccc(CC=O)cc1. The van der Waals surface area contributed by atoms with Crippen molar-refractivity contribution >= 4 is 12.3 Å². The molecule has 0 aliphatic carbocycles. The Morgan fingerprint density at radius 3 is 2.50 bits per heavy atom. The molecule has 1 aromatic carbocycles. The molecule has 0 atom stereocenters. The minimum atomic E-state index is -0.329. The summed E-state index contributed by atoms with van der Waals surface area (Å²) in [6.45, 7) is 2.13. The lowest BCUT2D eigenvalue weighted by Gasteiger charge is -2.01. The summed E-state index contributed by atoms with van der Waals surface area (Å²) in [6.07, 6.45) is 1.21. The zero-order chi connectivity index (χ0) is 10.4. The van der Waals surface area contributed by atoms with Gasteiger partial charge in [0.25, 0.3) is 0 Å². The van der Waals surface area contributed by atoms with Crippen LogP contribution in [0.5, 0.6) is 0 Å². The highest BCUT2D eigenvalue weighted by atomic mass is 16.5. The quantitative estimate of drug-likeness (QED) is 0.537. The van der Waals surface area contributed by atoms with Crippen LogP contribution in [0.4, 0.5) is 0 Å². The highest BCUT2D eigenvalue weighted by molar-refractivity contribution is 5.89. The molecule has 0 radical (unpaired) electrons. The van der Waals surface area contributed by atoms with Crippen LogP contribution in [0.25, 0.3) is 0 Å². The minimum absolute atomic E-state index is 0.329. The van der Waals surface area contributed by atoms with E-state index in [-0.39, 0.29) is 5.97 Å². The number of hydrogen-bond acceptors (Lipinski definition) is 3. The Kier molecular flexibility index (Phi) is 3.85. The van der Waals surface area contributed by atoms with Gasteiger partial charge < -0.3 is 9.53 Å². The van der Waals surface area contributed by atoms with Gasteiger partial charge in [-0.25, -0.2) is 4.79 Å². The fraction of sp³-hybridized carbons (Fsp3) is 0.273. The van der Waals surface area contributed by atoms with Crippen LogP contribution >= 0.6 is 0 Å². The third kappa shape index (κ3) is 2.69. The number of rotatable bonds is 4. The van der Waals surface area contributed by atoms with Gasteiger partial charge in [0.2, 0.25) is 0 Å². The molecule has 3 nitrogen and oxygen atoms in total. The van der Waals surface area contributed by atoms with Gasteiger partial charge in [0.05, 0.1) is 12.2 Å². The Labute approximate surface area is 82.7 Å². The molecule has 0 saturated carbocycles. The number of carbonyl (C=O) groups excluding carboxylic acids is 2. The van der Waals surface area contributed by atoms with Crippen molar-refractivity contribution in [3.63, 3.8) is 0 Å². The smallest absolute Gasteiger partial charge is 0.338 e. The van der Waals surface area contributed by atoms with Gasteiger partial charge in [-0.3, -0.25) is 0 Å². The molecule has 0 heterocycles. The van der Waals surface area contributed by atoms with Crippen LogP contribution in [0.15, 0.2) is 24.3 Å². The summed E-state index contributed by atoms with van der Waals surface area (Å²) in [7, 11) is 0. The number of ether oxygens (including phenoxy) is 1. The molecule has 0 unspecified atom stereocenters.